The number of rotatable bonds is 5. The zero-order valence-electron chi connectivity index (χ0n) is 11.0. The highest BCUT2D eigenvalue weighted by molar-refractivity contribution is 5.74. The molecule has 1 N–H and O–H groups in total. The van der Waals surface area contributed by atoms with Gasteiger partial charge in [0.15, 0.2) is 0 Å². The van der Waals surface area contributed by atoms with Gasteiger partial charge in [-0.1, -0.05) is 27.2 Å². The fraction of sp³-hybridized carbons (Fsp3) is 0.923. The van der Waals surface area contributed by atoms with Gasteiger partial charge in [-0.3, -0.25) is 0 Å². The summed E-state index contributed by atoms with van der Waals surface area (Å²) < 4.78 is 0. The van der Waals surface area contributed by atoms with Gasteiger partial charge >= 0.3 is 6.03 Å². The molecule has 1 aliphatic rings. The molecule has 0 unspecified atom stereocenters. The zero-order valence-corrected chi connectivity index (χ0v) is 11.0. The van der Waals surface area contributed by atoms with Crippen molar-refractivity contribution in [2.75, 3.05) is 19.6 Å². The number of hydrogen-bond donors (Lipinski definition) is 1. The fourth-order valence-electron chi connectivity index (χ4n) is 2.42. The number of hydrogen-bond acceptors (Lipinski definition) is 1. The Morgan fingerprint density at radius 1 is 1.31 bits per heavy atom. The molecule has 0 spiro atoms. The SMILES string of the molecule is CCCCNC(=O)N1CCC(CC)(CC)C1. The highest BCUT2D eigenvalue weighted by Crippen LogP contribution is 2.36. The van der Waals surface area contributed by atoms with E-state index in [1.54, 1.807) is 0 Å². The standard InChI is InChI=1S/C13H26N2O/c1-4-7-9-14-12(16)15-10-8-13(5-2,6-3)11-15/h4-11H2,1-3H3,(H,14,16). The summed E-state index contributed by atoms with van der Waals surface area (Å²) in [6.45, 7) is 9.31. The average molecular weight is 226 g/mol. The molecule has 0 bridgehead atoms. The van der Waals surface area contributed by atoms with Crippen molar-refractivity contribution in [3.8, 4) is 0 Å². The van der Waals surface area contributed by atoms with E-state index in [9.17, 15) is 4.79 Å². The number of likely N-dealkylation sites (tertiary alicyclic amines) is 1. The van der Waals surface area contributed by atoms with Crippen molar-refractivity contribution in [2.24, 2.45) is 5.41 Å². The summed E-state index contributed by atoms with van der Waals surface area (Å²) in [5.41, 5.74) is 0.391. The molecule has 1 saturated heterocycles. The lowest BCUT2D eigenvalue weighted by Gasteiger charge is -2.26. The largest absolute Gasteiger partial charge is 0.338 e. The minimum absolute atomic E-state index is 0.136. The van der Waals surface area contributed by atoms with Crippen molar-refractivity contribution in [1.29, 1.82) is 0 Å². The van der Waals surface area contributed by atoms with Crippen LogP contribution in [0.25, 0.3) is 0 Å². The second kappa shape index (κ2) is 6.12. The monoisotopic (exact) mass is 226 g/mol. The van der Waals surface area contributed by atoms with Crippen molar-refractivity contribution in [1.82, 2.24) is 10.2 Å². The number of nitrogens with one attached hydrogen (secondary N) is 1. The number of nitrogens with zero attached hydrogens (tertiary/aromatic N) is 1. The fourth-order valence-corrected chi connectivity index (χ4v) is 2.42. The highest BCUT2D eigenvalue weighted by Gasteiger charge is 2.36. The van der Waals surface area contributed by atoms with Gasteiger partial charge in [-0.05, 0) is 31.1 Å². The lowest BCUT2D eigenvalue weighted by atomic mass is 9.82. The van der Waals surface area contributed by atoms with Gasteiger partial charge in [0.1, 0.15) is 0 Å². The smallest absolute Gasteiger partial charge is 0.317 e. The molecule has 0 aromatic rings. The third kappa shape index (κ3) is 3.13. The Balaban J connectivity index is 2.37. The Labute approximate surface area is 99.6 Å². The molecule has 1 heterocycles. The van der Waals surface area contributed by atoms with E-state index in [2.05, 4.69) is 26.1 Å². The molecule has 94 valence electrons. The molecular formula is C13H26N2O. The van der Waals surface area contributed by atoms with E-state index in [1.165, 1.54) is 19.3 Å². The van der Waals surface area contributed by atoms with Crippen LogP contribution >= 0.6 is 0 Å². The maximum atomic E-state index is 11.9. The third-order valence-corrected chi connectivity index (χ3v) is 4.03. The van der Waals surface area contributed by atoms with E-state index in [0.717, 1.165) is 32.5 Å². The molecule has 0 atom stereocenters. The summed E-state index contributed by atoms with van der Waals surface area (Å²) in [7, 11) is 0. The molecule has 3 heteroatoms. The Bertz CT molecular complexity index is 224. The Kier molecular flexibility index (Phi) is 5.10. The number of carbonyl (C=O) groups is 1. The molecule has 0 aliphatic carbocycles. The third-order valence-electron chi connectivity index (χ3n) is 4.03. The van der Waals surface area contributed by atoms with Crippen molar-refractivity contribution >= 4 is 6.03 Å². The van der Waals surface area contributed by atoms with E-state index < -0.39 is 0 Å². The maximum absolute atomic E-state index is 11.9. The van der Waals surface area contributed by atoms with Gasteiger partial charge in [-0.15, -0.1) is 0 Å². The summed E-state index contributed by atoms with van der Waals surface area (Å²) in [4.78, 5) is 13.8. The van der Waals surface area contributed by atoms with E-state index in [0.29, 0.717) is 5.41 Å². The van der Waals surface area contributed by atoms with Gasteiger partial charge in [0.05, 0.1) is 0 Å². The normalized spacial score (nSPS) is 18.8. The Morgan fingerprint density at radius 2 is 2.00 bits per heavy atom. The van der Waals surface area contributed by atoms with Crippen molar-refractivity contribution in [3.05, 3.63) is 0 Å². The Hall–Kier alpha value is -0.730. The molecule has 0 saturated carbocycles. The first kappa shape index (κ1) is 13.3. The first-order chi connectivity index (χ1) is 7.67. The lowest BCUT2D eigenvalue weighted by Crippen LogP contribution is -2.40. The van der Waals surface area contributed by atoms with Gasteiger partial charge in [0, 0.05) is 19.6 Å². The molecular weight excluding hydrogens is 200 g/mol. The van der Waals surface area contributed by atoms with Gasteiger partial charge in [0.2, 0.25) is 0 Å². The molecule has 1 aliphatic heterocycles. The van der Waals surface area contributed by atoms with E-state index >= 15 is 0 Å². The number of carbonyl (C=O) groups excluding carboxylic acids is 1. The molecule has 0 radical (unpaired) electrons. The summed E-state index contributed by atoms with van der Waals surface area (Å²) in [5.74, 6) is 0. The van der Waals surface area contributed by atoms with Crippen LogP contribution in [0.3, 0.4) is 0 Å². The molecule has 1 rings (SSSR count). The number of amides is 2. The second-order valence-electron chi connectivity index (χ2n) is 4.96. The molecule has 1 fully saturated rings. The summed E-state index contributed by atoms with van der Waals surface area (Å²) in [6, 6.07) is 0.136. The summed E-state index contributed by atoms with van der Waals surface area (Å²) in [5, 5.41) is 3.00. The number of unbranched alkanes of at least 4 members (excludes halogenated alkanes) is 1. The minimum atomic E-state index is 0.136. The molecule has 2 amide bonds. The average Bonchev–Trinajstić information content (AvgIpc) is 2.74. The predicted octanol–water partition coefficient (Wildman–Crippen LogP) is 3.01. The summed E-state index contributed by atoms with van der Waals surface area (Å²) in [6.07, 6.45) is 5.74. The van der Waals surface area contributed by atoms with Crippen LogP contribution < -0.4 is 5.32 Å². The molecule has 0 aromatic heterocycles. The van der Waals surface area contributed by atoms with Gasteiger partial charge < -0.3 is 10.2 Å². The minimum Gasteiger partial charge on any atom is -0.338 e. The van der Waals surface area contributed by atoms with E-state index in [1.807, 2.05) is 4.90 Å². The quantitative estimate of drug-likeness (QED) is 0.718. The van der Waals surface area contributed by atoms with Crippen LogP contribution in [-0.2, 0) is 0 Å². The van der Waals surface area contributed by atoms with Crippen LogP contribution in [0.1, 0.15) is 52.9 Å². The Morgan fingerprint density at radius 3 is 2.50 bits per heavy atom. The molecule has 3 nitrogen and oxygen atoms in total. The highest BCUT2D eigenvalue weighted by atomic mass is 16.2. The van der Waals surface area contributed by atoms with Crippen LogP contribution in [0.5, 0.6) is 0 Å². The number of urea groups is 1. The molecule has 0 aromatic carbocycles. The maximum Gasteiger partial charge on any atom is 0.317 e. The van der Waals surface area contributed by atoms with E-state index in [4.69, 9.17) is 0 Å². The lowest BCUT2D eigenvalue weighted by molar-refractivity contribution is 0.196. The van der Waals surface area contributed by atoms with Crippen LogP contribution in [0, 0.1) is 5.41 Å². The van der Waals surface area contributed by atoms with Crippen LogP contribution in [0.4, 0.5) is 4.79 Å². The topological polar surface area (TPSA) is 32.3 Å². The van der Waals surface area contributed by atoms with Gasteiger partial charge in [-0.2, -0.15) is 0 Å². The van der Waals surface area contributed by atoms with Gasteiger partial charge in [0.25, 0.3) is 0 Å². The first-order valence-corrected chi connectivity index (χ1v) is 6.70. The van der Waals surface area contributed by atoms with Crippen LogP contribution in [0.15, 0.2) is 0 Å². The zero-order chi connectivity index (χ0) is 12.0. The second-order valence-corrected chi connectivity index (χ2v) is 4.96. The van der Waals surface area contributed by atoms with Gasteiger partial charge in [-0.25, -0.2) is 4.79 Å². The molecule has 16 heavy (non-hydrogen) atoms. The van der Waals surface area contributed by atoms with Crippen molar-refractivity contribution in [3.63, 3.8) is 0 Å². The predicted molar refractivity (Wildman–Crippen MR) is 67.5 cm³/mol. The van der Waals surface area contributed by atoms with E-state index in [-0.39, 0.29) is 6.03 Å². The van der Waals surface area contributed by atoms with Crippen molar-refractivity contribution < 1.29 is 4.79 Å². The first-order valence-electron chi connectivity index (χ1n) is 6.70. The van der Waals surface area contributed by atoms with Crippen LogP contribution in [0.2, 0.25) is 0 Å². The van der Waals surface area contributed by atoms with Crippen LogP contribution in [-0.4, -0.2) is 30.6 Å². The van der Waals surface area contributed by atoms with Crippen molar-refractivity contribution in [2.45, 2.75) is 52.9 Å². The summed E-state index contributed by atoms with van der Waals surface area (Å²) >= 11 is 0.